The molecule has 0 heterocycles. The predicted octanol–water partition coefficient (Wildman–Crippen LogP) is 2.71. The zero-order valence-electron chi connectivity index (χ0n) is 13.0. The molecule has 1 rings (SSSR count). The van der Waals surface area contributed by atoms with E-state index >= 15 is 0 Å². The molecular formula is C15H27N3O2. The average Bonchev–Trinajstić information content (AvgIpc) is 2.29. The van der Waals surface area contributed by atoms with Gasteiger partial charge in [0, 0.05) is 18.1 Å². The van der Waals surface area contributed by atoms with Gasteiger partial charge in [0.05, 0.1) is 12.5 Å². The number of ether oxygens (including phenoxy) is 1. The SMILES string of the molecule is CC(CC#N)N[C@@H]1CCCC[C@H]1NC(=O)OC(C)(C)C. The van der Waals surface area contributed by atoms with E-state index in [1.807, 2.05) is 27.7 Å². The molecule has 0 aromatic rings. The number of nitrogens with zero attached hydrogens (tertiary/aromatic N) is 1. The highest BCUT2D eigenvalue weighted by Gasteiger charge is 2.28. The first-order valence-electron chi connectivity index (χ1n) is 7.44. The molecule has 0 aromatic carbocycles. The van der Waals surface area contributed by atoms with E-state index in [0.29, 0.717) is 6.42 Å². The van der Waals surface area contributed by atoms with Gasteiger partial charge in [-0.05, 0) is 40.5 Å². The Labute approximate surface area is 122 Å². The van der Waals surface area contributed by atoms with E-state index in [4.69, 9.17) is 10.00 Å². The minimum atomic E-state index is -0.476. The van der Waals surface area contributed by atoms with Gasteiger partial charge >= 0.3 is 6.09 Å². The van der Waals surface area contributed by atoms with Crippen molar-refractivity contribution in [2.45, 2.75) is 83.5 Å². The van der Waals surface area contributed by atoms with Crippen LogP contribution in [0.5, 0.6) is 0 Å². The van der Waals surface area contributed by atoms with Crippen LogP contribution in [0.4, 0.5) is 4.79 Å². The lowest BCUT2D eigenvalue weighted by atomic mass is 9.89. The molecule has 0 aliphatic heterocycles. The van der Waals surface area contributed by atoms with Crippen molar-refractivity contribution in [1.29, 1.82) is 5.26 Å². The summed E-state index contributed by atoms with van der Waals surface area (Å²) < 4.78 is 5.31. The Balaban J connectivity index is 2.52. The maximum Gasteiger partial charge on any atom is 0.407 e. The second kappa shape index (κ2) is 7.49. The Hall–Kier alpha value is -1.28. The summed E-state index contributed by atoms with van der Waals surface area (Å²) in [4.78, 5) is 11.9. The van der Waals surface area contributed by atoms with Gasteiger partial charge in [-0.3, -0.25) is 0 Å². The van der Waals surface area contributed by atoms with E-state index in [2.05, 4.69) is 16.7 Å². The molecule has 1 aliphatic rings. The Morgan fingerprint density at radius 3 is 2.50 bits per heavy atom. The Morgan fingerprint density at radius 2 is 1.95 bits per heavy atom. The number of alkyl carbamates (subject to hydrolysis) is 1. The quantitative estimate of drug-likeness (QED) is 0.831. The van der Waals surface area contributed by atoms with Crippen molar-refractivity contribution in [3.63, 3.8) is 0 Å². The van der Waals surface area contributed by atoms with Crippen molar-refractivity contribution in [2.75, 3.05) is 0 Å². The fourth-order valence-corrected chi connectivity index (χ4v) is 2.52. The molecule has 1 unspecified atom stereocenters. The lowest BCUT2D eigenvalue weighted by molar-refractivity contribution is 0.0477. The molecule has 0 radical (unpaired) electrons. The summed E-state index contributed by atoms with van der Waals surface area (Å²) in [7, 11) is 0. The van der Waals surface area contributed by atoms with E-state index < -0.39 is 5.60 Å². The summed E-state index contributed by atoms with van der Waals surface area (Å²) in [5.41, 5.74) is -0.476. The first-order valence-corrected chi connectivity index (χ1v) is 7.44. The summed E-state index contributed by atoms with van der Waals surface area (Å²) in [6, 6.07) is 2.62. The molecule has 0 saturated heterocycles. The maximum atomic E-state index is 11.9. The Bertz CT molecular complexity index is 357. The van der Waals surface area contributed by atoms with Gasteiger partial charge in [0.15, 0.2) is 0 Å². The largest absolute Gasteiger partial charge is 0.444 e. The number of nitrogens with one attached hydrogen (secondary N) is 2. The van der Waals surface area contributed by atoms with Gasteiger partial charge in [0.1, 0.15) is 5.60 Å². The normalized spacial score (nSPS) is 24.6. The molecule has 20 heavy (non-hydrogen) atoms. The lowest BCUT2D eigenvalue weighted by Crippen LogP contribution is -2.54. The number of nitriles is 1. The Kier molecular flexibility index (Phi) is 6.28. The third kappa shape index (κ3) is 6.25. The summed E-state index contributed by atoms with van der Waals surface area (Å²) >= 11 is 0. The van der Waals surface area contributed by atoms with E-state index in [-0.39, 0.29) is 24.2 Å². The van der Waals surface area contributed by atoms with E-state index in [0.717, 1.165) is 25.7 Å². The molecule has 114 valence electrons. The van der Waals surface area contributed by atoms with Gasteiger partial charge < -0.3 is 15.4 Å². The van der Waals surface area contributed by atoms with Crippen LogP contribution in [0.15, 0.2) is 0 Å². The van der Waals surface area contributed by atoms with Crippen LogP contribution >= 0.6 is 0 Å². The summed E-state index contributed by atoms with van der Waals surface area (Å²) in [5.74, 6) is 0. The van der Waals surface area contributed by atoms with Gasteiger partial charge in [-0.25, -0.2) is 4.79 Å². The van der Waals surface area contributed by atoms with Gasteiger partial charge in [0.2, 0.25) is 0 Å². The number of carbonyl (C=O) groups excluding carboxylic acids is 1. The zero-order chi connectivity index (χ0) is 15.2. The molecule has 0 spiro atoms. The minimum absolute atomic E-state index is 0.0831. The number of hydrogen-bond donors (Lipinski definition) is 2. The van der Waals surface area contributed by atoms with Crippen LogP contribution in [0.25, 0.3) is 0 Å². The summed E-state index contributed by atoms with van der Waals surface area (Å²) in [5, 5.41) is 15.1. The van der Waals surface area contributed by atoms with Crippen molar-refractivity contribution in [3.8, 4) is 6.07 Å². The molecular weight excluding hydrogens is 254 g/mol. The number of carbonyl (C=O) groups is 1. The first-order chi connectivity index (χ1) is 9.31. The van der Waals surface area contributed by atoms with Crippen LogP contribution < -0.4 is 10.6 Å². The van der Waals surface area contributed by atoms with Gasteiger partial charge in [-0.1, -0.05) is 12.8 Å². The number of rotatable bonds is 4. The van der Waals surface area contributed by atoms with Crippen LogP contribution in [0.1, 0.15) is 59.8 Å². The standard InChI is InChI=1S/C15H27N3O2/c1-11(9-10-16)17-12-7-5-6-8-13(12)18-14(19)20-15(2,3)4/h11-13,17H,5-9H2,1-4H3,(H,18,19)/t11?,12-,13-/m1/s1. The highest BCUT2D eigenvalue weighted by molar-refractivity contribution is 5.68. The molecule has 3 atom stereocenters. The Morgan fingerprint density at radius 1 is 1.35 bits per heavy atom. The van der Waals surface area contributed by atoms with Crippen LogP contribution in [0.2, 0.25) is 0 Å². The molecule has 0 aromatic heterocycles. The van der Waals surface area contributed by atoms with Crippen molar-refractivity contribution in [3.05, 3.63) is 0 Å². The van der Waals surface area contributed by atoms with E-state index in [9.17, 15) is 4.79 Å². The van der Waals surface area contributed by atoms with Crippen LogP contribution in [0.3, 0.4) is 0 Å². The van der Waals surface area contributed by atoms with Crippen molar-refractivity contribution < 1.29 is 9.53 Å². The average molecular weight is 281 g/mol. The highest BCUT2D eigenvalue weighted by Crippen LogP contribution is 2.20. The molecule has 1 aliphatic carbocycles. The maximum absolute atomic E-state index is 11.9. The molecule has 1 fully saturated rings. The van der Waals surface area contributed by atoms with E-state index in [1.54, 1.807) is 0 Å². The summed E-state index contributed by atoms with van der Waals surface area (Å²) in [6.07, 6.45) is 4.38. The third-order valence-electron chi connectivity index (χ3n) is 3.36. The number of amides is 1. The van der Waals surface area contributed by atoms with Crippen molar-refractivity contribution in [2.24, 2.45) is 0 Å². The predicted molar refractivity (Wildman–Crippen MR) is 78.2 cm³/mol. The van der Waals surface area contributed by atoms with E-state index in [1.165, 1.54) is 0 Å². The van der Waals surface area contributed by atoms with Crippen LogP contribution in [0, 0.1) is 11.3 Å². The number of hydrogen-bond acceptors (Lipinski definition) is 4. The minimum Gasteiger partial charge on any atom is -0.444 e. The lowest BCUT2D eigenvalue weighted by Gasteiger charge is -2.35. The smallest absolute Gasteiger partial charge is 0.407 e. The van der Waals surface area contributed by atoms with Crippen LogP contribution in [-0.2, 0) is 4.74 Å². The second-order valence-electron chi connectivity index (χ2n) is 6.57. The molecule has 5 nitrogen and oxygen atoms in total. The third-order valence-corrected chi connectivity index (χ3v) is 3.36. The van der Waals surface area contributed by atoms with Gasteiger partial charge in [-0.2, -0.15) is 5.26 Å². The molecule has 0 bridgehead atoms. The monoisotopic (exact) mass is 281 g/mol. The molecule has 2 N–H and O–H groups in total. The fourth-order valence-electron chi connectivity index (χ4n) is 2.52. The first kappa shape index (κ1) is 16.8. The van der Waals surface area contributed by atoms with Gasteiger partial charge in [0.25, 0.3) is 0 Å². The van der Waals surface area contributed by atoms with Crippen molar-refractivity contribution >= 4 is 6.09 Å². The fraction of sp³-hybridized carbons (Fsp3) is 0.867. The summed E-state index contributed by atoms with van der Waals surface area (Å²) in [6.45, 7) is 7.58. The highest BCUT2D eigenvalue weighted by atomic mass is 16.6. The molecule has 1 amide bonds. The second-order valence-corrected chi connectivity index (χ2v) is 6.57. The molecule has 5 heteroatoms. The van der Waals surface area contributed by atoms with Gasteiger partial charge in [-0.15, -0.1) is 0 Å². The van der Waals surface area contributed by atoms with Crippen LogP contribution in [-0.4, -0.2) is 29.8 Å². The topological polar surface area (TPSA) is 74.2 Å². The zero-order valence-corrected chi connectivity index (χ0v) is 13.0. The van der Waals surface area contributed by atoms with Crippen molar-refractivity contribution in [1.82, 2.24) is 10.6 Å². The molecule has 1 saturated carbocycles.